The van der Waals surface area contributed by atoms with Crippen LogP contribution in [0.1, 0.15) is 6.92 Å². The van der Waals surface area contributed by atoms with Gasteiger partial charge in [0.2, 0.25) is 0 Å². The van der Waals surface area contributed by atoms with E-state index in [-0.39, 0.29) is 0 Å². The van der Waals surface area contributed by atoms with E-state index in [4.69, 9.17) is 0 Å². The van der Waals surface area contributed by atoms with E-state index in [1.165, 1.54) is 3.58 Å². The van der Waals surface area contributed by atoms with Gasteiger partial charge in [0, 0.05) is 0 Å². The maximum absolute atomic E-state index is 10.7. The van der Waals surface area contributed by atoms with Crippen LogP contribution in [0.3, 0.4) is 0 Å². The molecule has 0 saturated heterocycles. The molecule has 1 aromatic carbocycles. The van der Waals surface area contributed by atoms with E-state index < -0.39 is 21.1 Å². The first-order valence-electron chi connectivity index (χ1n) is 3.11. The molecule has 0 atom stereocenters. The summed E-state index contributed by atoms with van der Waals surface area (Å²) in [4.78, 5) is 10.7. The van der Waals surface area contributed by atoms with Gasteiger partial charge < -0.3 is 0 Å². The molecule has 0 aromatic heterocycles. The fourth-order valence-electron chi connectivity index (χ4n) is 0.725. The Balaban J connectivity index is 2.67. The second kappa shape index (κ2) is 3.76. The van der Waals surface area contributed by atoms with Crippen molar-refractivity contribution in [3.63, 3.8) is 0 Å². The summed E-state index contributed by atoms with van der Waals surface area (Å²) in [7, 11) is 0. The van der Waals surface area contributed by atoms with Crippen molar-refractivity contribution in [1.82, 2.24) is 0 Å². The third kappa shape index (κ3) is 2.52. The summed E-state index contributed by atoms with van der Waals surface area (Å²) in [6.07, 6.45) is 0. The van der Waals surface area contributed by atoms with E-state index >= 15 is 0 Å². The Morgan fingerprint density at radius 1 is 1.30 bits per heavy atom. The number of hydrogen-bond donors (Lipinski definition) is 0. The van der Waals surface area contributed by atoms with Crippen molar-refractivity contribution in [2.45, 2.75) is 6.92 Å². The second-order valence-electron chi connectivity index (χ2n) is 2.05. The quantitative estimate of drug-likeness (QED) is 0.689. The zero-order valence-electron chi connectivity index (χ0n) is 5.79. The Bertz CT molecular complexity index is 218. The second-order valence-corrected chi connectivity index (χ2v) is 6.42. The van der Waals surface area contributed by atoms with Gasteiger partial charge in [0.1, 0.15) is 0 Å². The number of benzene rings is 1. The van der Waals surface area contributed by atoms with Gasteiger partial charge in [-0.2, -0.15) is 0 Å². The summed E-state index contributed by atoms with van der Waals surface area (Å²) in [6, 6.07) is 10.0. The molecule has 2 heteroatoms. The molecule has 0 aliphatic rings. The predicted molar refractivity (Wildman–Crippen MR) is 42.5 cm³/mol. The summed E-state index contributed by atoms with van der Waals surface area (Å²) in [6.45, 7) is 1.68. The van der Waals surface area contributed by atoms with E-state index in [2.05, 4.69) is 0 Å². The van der Waals surface area contributed by atoms with Gasteiger partial charge in [-0.25, -0.2) is 0 Å². The normalized spacial score (nSPS) is 9.30. The van der Waals surface area contributed by atoms with E-state index in [9.17, 15) is 4.79 Å². The first-order valence-corrected chi connectivity index (χ1v) is 5.97. The predicted octanol–water partition coefficient (Wildman–Crippen LogP) is 0.563. The Kier molecular flexibility index (Phi) is 2.93. The van der Waals surface area contributed by atoms with Crippen LogP contribution in [0.15, 0.2) is 30.3 Å². The molecule has 1 nitrogen and oxygen atoms in total. The van der Waals surface area contributed by atoms with Gasteiger partial charge >= 0.3 is 70.6 Å². The Morgan fingerprint density at radius 2 is 1.90 bits per heavy atom. The molecular weight excluding hydrogens is 231 g/mol. The van der Waals surface area contributed by atoms with E-state index in [0.29, 0.717) is 3.80 Å². The fraction of sp³-hybridized carbons (Fsp3) is 0.125. The monoisotopic (exact) mass is 240 g/mol. The van der Waals surface area contributed by atoms with Crippen LogP contribution in [0.5, 0.6) is 0 Å². The van der Waals surface area contributed by atoms with Gasteiger partial charge in [0.05, 0.1) is 0 Å². The molecule has 0 amide bonds. The van der Waals surface area contributed by atoms with Crippen molar-refractivity contribution in [1.29, 1.82) is 0 Å². The fourth-order valence-corrected chi connectivity index (χ4v) is 2.91. The van der Waals surface area contributed by atoms with E-state index in [1.807, 2.05) is 30.3 Å². The average molecular weight is 239 g/mol. The number of carbonyl (C=O) groups excluding carboxylic acids is 1. The third-order valence-corrected chi connectivity index (χ3v) is 3.87. The van der Waals surface area contributed by atoms with Gasteiger partial charge in [-0.15, -0.1) is 0 Å². The van der Waals surface area contributed by atoms with Crippen molar-refractivity contribution < 1.29 is 4.79 Å². The first kappa shape index (κ1) is 7.79. The van der Waals surface area contributed by atoms with Crippen molar-refractivity contribution in [3.8, 4) is 0 Å². The third-order valence-electron chi connectivity index (χ3n) is 1.09. The summed E-state index contributed by atoms with van der Waals surface area (Å²) in [5.41, 5.74) is 0. The maximum atomic E-state index is 10.7. The van der Waals surface area contributed by atoms with Gasteiger partial charge in [-0.3, -0.25) is 0 Å². The van der Waals surface area contributed by atoms with Crippen LogP contribution >= 0.6 is 0 Å². The molecule has 0 bridgehead atoms. The Morgan fingerprint density at radius 3 is 2.40 bits per heavy atom. The Hall–Kier alpha value is -0.311. The van der Waals surface area contributed by atoms with Gasteiger partial charge in [0.15, 0.2) is 0 Å². The molecule has 50 valence electrons. The minimum atomic E-state index is -0.878. The molecule has 0 fully saturated rings. The van der Waals surface area contributed by atoms with Crippen LogP contribution in [0.4, 0.5) is 0 Å². The van der Waals surface area contributed by atoms with Crippen molar-refractivity contribution in [3.05, 3.63) is 30.3 Å². The van der Waals surface area contributed by atoms with Crippen molar-refractivity contribution in [2.75, 3.05) is 0 Å². The molecule has 0 saturated carbocycles. The zero-order chi connectivity index (χ0) is 7.40. The molecular formula is C8H8OSn. The average Bonchev–Trinajstić information content (AvgIpc) is 1.88. The van der Waals surface area contributed by atoms with Gasteiger partial charge in [-0.1, -0.05) is 0 Å². The summed E-state index contributed by atoms with van der Waals surface area (Å²) < 4.78 is 1.65. The number of hydrogen-bond acceptors (Lipinski definition) is 1. The standard InChI is InChI=1S/C6H5.C2H3O.Sn/c1-2-4-6-5-3-1;1-2-3;/h1-5H;1H3;. The van der Waals surface area contributed by atoms with Crippen molar-refractivity contribution >= 4 is 28.5 Å². The topological polar surface area (TPSA) is 17.1 Å². The van der Waals surface area contributed by atoms with E-state index in [1.54, 1.807) is 6.92 Å². The number of rotatable bonds is 2. The molecule has 0 spiro atoms. The molecule has 0 heterocycles. The van der Waals surface area contributed by atoms with Gasteiger partial charge in [0.25, 0.3) is 0 Å². The minimum absolute atomic E-state index is 0.384. The number of carbonyl (C=O) groups is 1. The van der Waals surface area contributed by atoms with Crippen LogP contribution in [0.25, 0.3) is 0 Å². The van der Waals surface area contributed by atoms with Crippen LogP contribution < -0.4 is 3.58 Å². The molecule has 10 heavy (non-hydrogen) atoms. The summed E-state index contributed by atoms with van der Waals surface area (Å²) in [5.74, 6) is 0. The SMILES string of the molecule is C[C](=O)[Sn][c]1ccccc1. The van der Waals surface area contributed by atoms with Crippen LogP contribution in [0.2, 0.25) is 0 Å². The molecule has 1 rings (SSSR count). The summed E-state index contributed by atoms with van der Waals surface area (Å²) in [5, 5.41) is 0. The molecule has 2 radical (unpaired) electrons. The van der Waals surface area contributed by atoms with Gasteiger partial charge in [-0.05, 0) is 0 Å². The molecule has 1 aromatic rings. The van der Waals surface area contributed by atoms with Crippen LogP contribution in [0, 0.1) is 0 Å². The van der Waals surface area contributed by atoms with Crippen LogP contribution in [-0.4, -0.2) is 24.9 Å². The van der Waals surface area contributed by atoms with E-state index in [0.717, 1.165) is 0 Å². The molecule has 0 aliphatic heterocycles. The first-order chi connectivity index (χ1) is 4.79. The molecule has 0 aliphatic carbocycles. The van der Waals surface area contributed by atoms with Crippen LogP contribution in [-0.2, 0) is 4.79 Å². The molecule has 0 unspecified atom stereocenters. The van der Waals surface area contributed by atoms with Crippen molar-refractivity contribution in [2.24, 2.45) is 0 Å². The Labute approximate surface area is 70.7 Å². The summed E-state index contributed by atoms with van der Waals surface area (Å²) >= 11 is -0.878. The zero-order valence-corrected chi connectivity index (χ0v) is 8.65. The molecule has 0 N–H and O–H groups in total.